The van der Waals surface area contributed by atoms with Gasteiger partial charge in [-0.25, -0.2) is 15.0 Å². The Hall–Kier alpha value is -2.77. The van der Waals surface area contributed by atoms with Crippen molar-refractivity contribution >= 4 is 11.7 Å². The summed E-state index contributed by atoms with van der Waals surface area (Å²) >= 11 is 0. The van der Waals surface area contributed by atoms with Gasteiger partial charge in [0.05, 0.1) is 13.3 Å². The Labute approximate surface area is 152 Å². The Morgan fingerprint density at radius 2 is 2.08 bits per heavy atom. The van der Waals surface area contributed by atoms with Gasteiger partial charge < -0.3 is 14.5 Å². The molecule has 2 fully saturated rings. The minimum absolute atomic E-state index is 0.0284. The number of carbonyl (C=O) groups is 1. The lowest BCUT2D eigenvalue weighted by molar-refractivity contribution is 0.0550. The van der Waals surface area contributed by atoms with Crippen LogP contribution in [0.25, 0.3) is 0 Å². The molecule has 0 aromatic carbocycles. The Kier molecular flexibility index (Phi) is 4.40. The third-order valence-electron chi connectivity index (χ3n) is 5.33. The zero-order valence-corrected chi connectivity index (χ0v) is 14.8. The minimum atomic E-state index is -0.0284. The summed E-state index contributed by atoms with van der Waals surface area (Å²) in [6, 6.07) is 1.87. The summed E-state index contributed by atoms with van der Waals surface area (Å²) in [5, 5.41) is 0. The highest BCUT2D eigenvalue weighted by Gasteiger charge is 2.43. The second-order valence-electron chi connectivity index (χ2n) is 7.01. The molecule has 1 unspecified atom stereocenters. The number of rotatable bonds is 3. The van der Waals surface area contributed by atoms with Gasteiger partial charge in [-0.1, -0.05) is 0 Å². The molecule has 0 bridgehead atoms. The first-order valence-electron chi connectivity index (χ1n) is 8.85. The van der Waals surface area contributed by atoms with E-state index >= 15 is 0 Å². The van der Waals surface area contributed by atoms with E-state index in [0.29, 0.717) is 11.6 Å². The lowest BCUT2D eigenvalue weighted by Gasteiger charge is -2.40. The SMILES string of the molecule is COc1cc(N2CCC3(CCCN(C(=O)c4cnccn4)C3)C2)ncn1. The zero-order valence-electron chi connectivity index (χ0n) is 14.8. The van der Waals surface area contributed by atoms with Crippen molar-refractivity contribution in [2.24, 2.45) is 5.41 Å². The molecule has 2 saturated heterocycles. The van der Waals surface area contributed by atoms with Crippen LogP contribution in [0.3, 0.4) is 0 Å². The highest BCUT2D eigenvalue weighted by Crippen LogP contribution is 2.40. The maximum Gasteiger partial charge on any atom is 0.274 e. The van der Waals surface area contributed by atoms with E-state index < -0.39 is 0 Å². The van der Waals surface area contributed by atoms with Crippen LogP contribution in [0, 0.1) is 5.41 Å². The number of aromatic nitrogens is 4. The van der Waals surface area contributed by atoms with E-state index in [4.69, 9.17) is 4.74 Å². The average molecular weight is 354 g/mol. The first-order valence-corrected chi connectivity index (χ1v) is 8.85. The van der Waals surface area contributed by atoms with Gasteiger partial charge in [0.15, 0.2) is 0 Å². The standard InChI is InChI=1S/C18H22N6O2/c1-26-16-9-15(21-13-22-16)23-8-4-18(11-23)3-2-7-24(12-18)17(25)14-10-19-5-6-20-14/h5-6,9-10,13H,2-4,7-8,11-12H2,1H3. The molecule has 0 saturated carbocycles. The third-order valence-corrected chi connectivity index (χ3v) is 5.33. The first-order chi connectivity index (χ1) is 12.7. The number of hydrogen-bond acceptors (Lipinski definition) is 7. The lowest BCUT2D eigenvalue weighted by atomic mass is 9.79. The van der Waals surface area contributed by atoms with Crippen LogP contribution in [-0.4, -0.2) is 64.0 Å². The van der Waals surface area contributed by atoms with Crippen molar-refractivity contribution in [2.45, 2.75) is 19.3 Å². The zero-order chi connectivity index (χ0) is 18.0. The highest BCUT2D eigenvalue weighted by atomic mass is 16.5. The van der Waals surface area contributed by atoms with E-state index in [9.17, 15) is 4.79 Å². The number of anilines is 1. The summed E-state index contributed by atoms with van der Waals surface area (Å²) in [4.78, 5) is 33.6. The molecular weight excluding hydrogens is 332 g/mol. The number of carbonyl (C=O) groups excluding carboxylic acids is 1. The summed E-state index contributed by atoms with van der Waals surface area (Å²) in [6.45, 7) is 3.34. The molecule has 8 heteroatoms. The third kappa shape index (κ3) is 3.18. The first kappa shape index (κ1) is 16.7. The molecule has 4 rings (SSSR count). The van der Waals surface area contributed by atoms with Crippen LogP contribution in [0.4, 0.5) is 5.82 Å². The van der Waals surface area contributed by atoms with E-state index in [2.05, 4.69) is 24.8 Å². The molecule has 2 aliphatic rings. The normalized spacial score (nSPS) is 22.7. The van der Waals surface area contributed by atoms with Crippen molar-refractivity contribution in [3.8, 4) is 5.88 Å². The number of piperidine rings is 1. The fraction of sp³-hybridized carbons (Fsp3) is 0.500. The van der Waals surface area contributed by atoms with Crippen LogP contribution >= 0.6 is 0 Å². The monoisotopic (exact) mass is 354 g/mol. The van der Waals surface area contributed by atoms with E-state index in [-0.39, 0.29) is 11.3 Å². The number of ether oxygens (including phenoxy) is 1. The highest BCUT2D eigenvalue weighted by molar-refractivity contribution is 5.92. The molecule has 0 radical (unpaired) electrons. The maximum atomic E-state index is 12.7. The van der Waals surface area contributed by atoms with E-state index in [1.165, 1.54) is 12.5 Å². The molecule has 4 heterocycles. The van der Waals surface area contributed by atoms with Crippen molar-refractivity contribution < 1.29 is 9.53 Å². The number of nitrogens with zero attached hydrogens (tertiary/aromatic N) is 6. The van der Waals surface area contributed by atoms with Crippen LogP contribution < -0.4 is 9.64 Å². The Balaban J connectivity index is 1.48. The largest absolute Gasteiger partial charge is 0.481 e. The van der Waals surface area contributed by atoms with Gasteiger partial charge in [-0.3, -0.25) is 9.78 Å². The van der Waals surface area contributed by atoms with Crippen LogP contribution in [-0.2, 0) is 0 Å². The smallest absolute Gasteiger partial charge is 0.274 e. The predicted molar refractivity (Wildman–Crippen MR) is 95.0 cm³/mol. The fourth-order valence-corrected chi connectivity index (χ4v) is 4.03. The minimum Gasteiger partial charge on any atom is -0.481 e. The number of likely N-dealkylation sites (tertiary alicyclic amines) is 1. The Bertz CT molecular complexity index is 786. The van der Waals surface area contributed by atoms with Gasteiger partial charge >= 0.3 is 0 Å². The fourth-order valence-electron chi connectivity index (χ4n) is 4.03. The van der Waals surface area contributed by atoms with Gasteiger partial charge in [0.1, 0.15) is 17.8 Å². The molecule has 8 nitrogen and oxygen atoms in total. The Morgan fingerprint density at radius 1 is 1.15 bits per heavy atom. The predicted octanol–water partition coefficient (Wildman–Crippen LogP) is 1.41. The van der Waals surface area contributed by atoms with Crippen molar-refractivity contribution in [1.82, 2.24) is 24.8 Å². The molecule has 1 amide bonds. The summed E-state index contributed by atoms with van der Waals surface area (Å²) < 4.78 is 5.21. The lowest BCUT2D eigenvalue weighted by Crippen LogP contribution is -2.47. The van der Waals surface area contributed by atoms with Crippen molar-refractivity contribution in [2.75, 3.05) is 38.2 Å². The molecule has 2 aromatic rings. The molecule has 0 N–H and O–H groups in total. The number of amides is 1. The quantitative estimate of drug-likeness (QED) is 0.824. The van der Waals surface area contributed by atoms with E-state index in [1.807, 2.05) is 11.0 Å². The van der Waals surface area contributed by atoms with E-state index in [0.717, 1.165) is 51.3 Å². The molecule has 136 valence electrons. The second kappa shape index (κ2) is 6.86. The summed E-state index contributed by atoms with van der Waals surface area (Å²) in [5.74, 6) is 1.42. The van der Waals surface area contributed by atoms with Gasteiger partial charge in [0.25, 0.3) is 5.91 Å². The van der Waals surface area contributed by atoms with Crippen LogP contribution in [0.15, 0.2) is 31.0 Å². The van der Waals surface area contributed by atoms with Crippen molar-refractivity contribution in [3.63, 3.8) is 0 Å². The maximum absolute atomic E-state index is 12.7. The van der Waals surface area contributed by atoms with Gasteiger partial charge in [-0.15, -0.1) is 0 Å². The molecule has 2 aliphatic heterocycles. The number of methoxy groups -OCH3 is 1. The Morgan fingerprint density at radius 3 is 2.88 bits per heavy atom. The number of hydrogen-bond donors (Lipinski definition) is 0. The molecule has 2 aromatic heterocycles. The van der Waals surface area contributed by atoms with Crippen LogP contribution in [0.5, 0.6) is 5.88 Å². The van der Waals surface area contributed by atoms with Crippen LogP contribution in [0.1, 0.15) is 29.8 Å². The van der Waals surface area contributed by atoms with Crippen molar-refractivity contribution in [3.05, 3.63) is 36.7 Å². The van der Waals surface area contributed by atoms with Gasteiger partial charge in [-0.05, 0) is 19.3 Å². The molecule has 0 aliphatic carbocycles. The topological polar surface area (TPSA) is 84.3 Å². The molecular formula is C18H22N6O2. The molecule has 26 heavy (non-hydrogen) atoms. The average Bonchev–Trinajstić information content (AvgIpc) is 3.11. The summed E-state index contributed by atoms with van der Waals surface area (Å²) in [7, 11) is 1.61. The van der Waals surface area contributed by atoms with Gasteiger partial charge in [0.2, 0.25) is 5.88 Å². The van der Waals surface area contributed by atoms with Gasteiger partial charge in [0, 0.05) is 50.1 Å². The second-order valence-corrected chi connectivity index (χ2v) is 7.01. The summed E-state index contributed by atoms with van der Waals surface area (Å²) in [5.41, 5.74) is 0.522. The molecule has 1 spiro atoms. The molecule has 1 atom stereocenters. The van der Waals surface area contributed by atoms with Crippen molar-refractivity contribution in [1.29, 1.82) is 0 Å². The van der Waals surface area contributed by atoms with E-state index in [1.54, 1.807) is 19.5 Å². The van der Waals surface area contributed by atoms with Gasteiger partial charge in [-0.2, -0.15) is 0 Å². The summed E-state index contributed by atoms with van der Waals surface area (Å²) in [6.07, 6.45) is 9.39. The van der Waals surface area contributed by atoms with Crippen LogP contribution in [0.2, 0.25) is 0 Å².